The first-order chi connectivity index (χ1) is 13.5. The van der Waals surface area contributed by atoms with Crippen molar-refractivity contribution in [2.75, 3.05) is 6.61 Å². The normalized spacial score (nSPS) is 45.9. The molecule has 1 saturated heterocycles. The van der Waals surface area contributed by atoms with E-state index in [9.17, 15) is 19.6 Å². The number of hydrogen-bond acceptors (Lipinski definition) is 7. The molecule has 3 aliphatic carbocycles. The Morgan fingerprint density at radius 3 is 2.55 bits per heavy atom. The molecule has 160 valence electrons. The number of hydrogen-bond donors (Lipinski definition) is 1. The SMILES string of the molecule is CC(=O)OC1C(=O)[C@@]2(C)C(C[C@]3(N=O)CCC(C)=C1C3(C)C)[C@@H]1CO[C@@H]1C[C@@H]2O. The van der Waals surface area contributed by atoms with Crippen LogP contribution in [-0.4, -0.2) is 47.3 Å². The van der Waals surface area contributed by atoms with Crippen LogP contribution < -0.4 is 0 Å². The highest BCUT2D eigenvalue weighted by atomic mass is 16.5. The smallest absolute Gasteiger partial charge is 0.303 e. The maximum Gasteiger partial charge on any atom is 0.303 e. The molecule has 7 heteroatoms. The number of nitrogens with zero attached hydrogens (tertiary/aromatic N) is 1. The maximum atomic E-state index is 14.0. The predicted octanol–water partition coefficient (Wildman–Crippen LogP) is 2.93. The van der Waals surface area contributed by atoms with Crippen LogP contribution in [0.4, 0.5) is 0 Å². The van der Waals surface area contributed by atoms with E-state index in [4.69, 9.17) is 9.47 Å². The Labute approximate surface area is 171 Å². The van der Waals surface area contributed by atoms with Gasteiger partial charge in [0.15, 0.2) is 11.9 Å². The molecule has 2 saturated carbocycles. The van der Waals surface area contributed by atoms with Gasteiger partial charge in [-0.1, -0.05) is 24.6 Å². The minimum absolute atomic E-state index is 0.0910. The van der Waals surface area contributed by atoms with E-state index in [2.05, 4.69) is 5.18 Å². The van der Waals surface area contributed by atoms with Gasteiger partial charge in [-0.05, 0) is 44.6 Å². The average molecular weight is 405 g/mol. The fraction of sp³-hybridized carbons (Fsp3) is 0.818. The Bertz CT molecular complexity index is 803. The number of esters is 1. The maximum absolute atomic E-state index is 14.0. The van der Waals surface area contributed by atoms with Gasteiger partial charge in [0.1, 0.15) is 5.54 Å². The van der Waals surface area contributed by atoms with Gasteiger partial charge in [0, 0.05) is 24.7 Å². The third-order valence-corrected chi connectivity index (χ3v) is 8.67. The van der Waals surface area contributed by atoms with Crippen LogP contribution in [0.25, 0.3) is 0 Å². The quantitative estimate of drug-likeness (QED) is 0.430. The molecule has 1 N–H and O–H groups in total. The zero-order valence-corrected chi connectivity index (χ0v) is 17.9. The van der Waals surface area contributed by atoms with Crippen LogP contribution in [0.1, 0.15) is 60.3 Å². The van der Waals surface area contributed by atoms with Gasteiger partial charge in [0.2, 0.25) is 0 Å². The second-order valence-corrected chi connectivity index (χ2v) is 10.2. The number of ketones is 1. The fourth-order valence-electron chi connectivity index (χ4n) is 6.62. The van der Waals surface area contributed by atoms with Gasteiger partial charge >= 0.3 is 5.97 Å². The van der Waals surface area contributed by atoms with Crippen LogP contribution in [0, 0.1) is 27.6 Å². The van der Waals surface area contributed by atoms with E-state index in [-0.39, 0.29) is 23.7 Å². The first kappa shape index (κ1) is 20.7. The highest BCUT2D eigenvalue weighted by molar-refractivity contribution is 5.94. The molecule has 1 heterocycles. The largest absolute Gasteiger partial charge is 0.450 e. The van der Waals surface area contributed by atoms with Crippen LogP contribution in [0.5, 0.6) is 0 Å². The number of aliphatic hydroxyl groups excluding tert-OH is 1. The number of aliphatic hydroxyl groups is 1. The van der Waals surface area contributed by atoms with Crippen LogP contribution in [0.2, 0.25) is 0 Å². The van der Waals surface area contributed by atoms with Crippen molar-refractivity contribution in [1.29, 1.82) is 0 Å². The molecule has 2 unspecified atom stereocenters. The minimum atomic E-state index is -1.12. The summed E-state index contributed by atoms with van der Waals surface area (Å²) in [5, 5.41) is 14.8. The van der Waals surface area contributed by atoms with Gasteiger partial charge in [0.05, 0.1) is 24.2 Å². The van der Waals surface area contributed by atoms with Gasteiger partial charge in [-0.3, -0.25) is 9.59 Å². The van der Waals surface area contributed by atoms with Crippen molar-refractivity contribution < 1.29 is 24.2 Å². The summed E-state index contributed by atoms with van der Waals surface area (Å²) in [7, 11) is 0. The monoisotopic (exact) mass is 405 g/mol. The second-order valence-electron chi connectivity index (χ2n) is 10.2. The lowest BCUT2D eigenvalue weighted by atomic mass is 9.46. The fourth-order valence-corrected chi connectivity index (χ4v) is 6.62. The van der Waals surface area contributed by atoms with Gasteiger partial charge in [0.25, 0.3) is 0 Å². The van der Waals surface area contributed by atoms with Gasteiger partial charge in [-0.15, -0.1) is 0 Å². The summed E-state index contributed by atoms with van der Waals surface area (Å²) in [6.07, 6.45) is -0.118. The number of allylic oxidation sites excluding steroid dienone is 1. The lowest BCUT2D eigenvalue weighted by molar-refractivity contribution is -0.232. The molecule has 0 aromatic heterocycles. The summed E-state index contributed by atoms with van der Waals surface area (Å²) in [6.45, 7) is 9.39. The molecule has 2 bridgehead atoms. The molecule has 0 spiro atoms. The lowest BCUT2D eigenvalue weighted by Crippen LogP contribution is -2.68. The van der Waals surface area contributed by atoms with E-state index in [1.54, 1.807) is 6.92 Å². The van der Waals surface area contributed by atoms with Gasteiger partial charge in [-0.2, -0.15) is 4.91 Å². The van der Waals surface area contributed by atoms with Crippen molar-refractivity contribution in [2.45, 2.75) is 84.2 Å². The third kappa shape index (κ3) is 2.56. The molecule has 4 rings (SSSR count). The molecule has 0 amide bonds. The van der Waals surface area contributed by atoms with Crippen molar-refractivity contribution in [3.05, 3.63) is 16.1 Å². The van der Waals surface area contributed by atoms with Gasteiger partial charge in [-0.25, -0.2) is 0 Å². The van der Waals surface area contributed by atoms with E-state index in [0.29, 0.717) is 37.9 Å². The van der Waals surface area contributed by atoms with E-state index in [1.807, 2.05) is 20.8 Å². The average Bonchev–Trinajstić information content (AvgIpc) is 2.62. The Morgan fingerprint density at radius 2 is 2.00 bits per heavy atom. The highest BCUT2D eigenvalue weighted by Crippen LogP contribution is 2.62. The Balaban J connectivity index is 1.96. The van der Waals surface area contributed by atoms with E-state index in [1.165, 1.54) is 6.92 Å². The number of rotatable bonds is 2. The summed E-state index contributed by atoms with van der Waals surface area (Å²) in [5.41, 5.74) is -1.14. The molecular formula is C22H31NO6. The molecule has 0 radical (unpaired) electrons. The predicted molar refractivity (Wildman–Crippen MR) is 105 cm³/mol. The standard InChI is InChI=1S/C22H31NO6/c1-11-6-7-22(23-27)9-14-13-10-28-15(13)8-16(25)21(14,5)19(26)18(29-12(2)24)17(11)20(22,3)4/h13-16,18,25H,6-10H2,1-5H3/t13-,14?,15+,16-,18?,21-,22+/m0/s1. The second kappa shape index (κ2) is 6.45. The molecule has 4 aliphatic rings. The summed E-state index contributed by atoms with van der Waals surface area (Å²) in [5.74, 6) is -0.981. The van der Waals surface area contributed by atoms with Crippen LogP contribution in [-0.2, 0) is 19.1 Å². The number of Topliss-reactive ketones (excluding diaryl/α,β-unsaturated/α-hetero) is 1. The van der Waals surface area contributed by atoms with Crippen molar-refractivity contribution in [3.63, 3.8) is 0 Å². The van der Waals surface area contributed by atoms with Gasteiger partial charge < -0.3 is 14.6 Å². The molecule has 7 atom stereocenters. The Hall–Kier alpha value is -1.60. The Morgan fingerprint density at radius 1 is 1.31 bits per heavy atom. The van der Waals surface area contributed by atoms with Crippen LogP contribution >= 0.6 is 0 Å². The van der Waals surface area contributed by atoms with Crippen LogP contribution in [0.3, 0.4) is 0 Å². The summed E-state index contributed by atoms with van der Waals surface area (Å²) in [4.78, 5) is 38.4. The Kier molecular flexibility index (Phi) is 4.59. The van der Waals surface area contributed by atoms with Crippen molar-refractivity contribution in [2.24, 2.45) is 27.8 Å². The lowest BCUT2D eigenvalue weighted by Gasteiger charge is -2.61. The van der Waals surface area contributed by atoms with E-state index in [0.717, 1.165) is 5.57 Å². The summed E-state index contributed by atoms with van der Waals surface area (Å²) in [6, 6.07) is 0. The number of nitroso groups, excluding NO2 is 1. The van der Waals surface area contributed by atoms with Crippen molar-refractivity contribution in [3.8, 4) is 0 Å². The van der Waals surface area contributed by atoms with E-state index < -0.39 is 34.5 Å². The molecule has 0 aromatic carbocycles. The minimum Gasteiger partial charge on any atom is -0.450 e. The molecule has 29 heavy (non-hydrogen) atoms. The number of carbonyl (C=O) groups excluding carboxylic acids is 2. The third-order valence-electron chi connectivity index (χ3n) is 8.67. The zero-order chi connectivity index (χ0) is 21.4. The first-order valence-corrected chi connectivity index (χ1v) is 10.6. The molecule has 7 nitrogen and oxygen atoms in total. The topological polar surface area (TPSA) is 102 Å². The summed E-state index contributed by atoms with van der Waals surface area (Å²) >= 11 is 0. The van der Waals surface area contributed by atoms with Crippen molar-refractivity contribution in [1.82, 2.24) is 0 Å². The molecule has 3 fully saturated rings. The zero-order valence-electron chi connectivity index (χ0n) is 17.9. The highest BCUT2D eigenvalue weighted by Gasteiger charge is 2.67. The number of ether oxygens (including phenoxy) is 2. The molecule has 0 aromatic rings. The molecule has 1 aliphatic heterocycles. The van der Waals surface area contributed by atoms with Crippen LogP contribution in [0.15, 0.2) is 16.3 Å². The summed E-state index contributed by atoms with van der Waals surface area (Å²) < 4.78 is 11.3. The number of fused-ring (bicyclic) bond motifs is 5. The number of carbonyl (C=O) groups is 2. The molecular weight excluding hydrogens is 374 g/mol. The van der Waals surface area contributed by atoms with E-state index >= 15 is 0 Å². The first-order valence-electron chi connectivity index (χ1n) is 10.6. The van der Waals surface area contributed by atoms with Crippen molar-refractivity contribution >= 4 is 11.8 Å².